The SMILES string of the molecule is COc1ccc(-c2cccc(C(=O)N3CCc4cc(C(=O)NC5CC5)sc4-c4ccccc43)n2)cc1. The molecule has 0 spiro atoms. The molecule has 2 amide bonds. The highest BCUT2D eigenvalue weighted by atomic mass is 32.1. The molecular formula is C29H25N3O3S. The Bertz CT molecular complexity index is 1460. The first-order valence-electron chi connectivity index (χ1n) is 12.1. The summed E-state index contributed by atoms with van der Waals surface area (Å²) in [6.07, 6.45) is 2.79. The first-order valence-corrected chi connectivity index (χ1v) is 12.9. The van der Waals surface area contributed by atoms with Crippen LogP contribution in [0.4, 0.5) is 5.69 Å². The lowest BCUT2D eigenvalue weighted by molar-refractivity contribution is 0.0952. The topological polar surface area (TPSA) is 71.5 Å². The molecule has 6 rings (SSSR count). The molecule has 1 aliphatic carbocycles. The second-order valence-electron chi connectivity index (χ2n) is 9.07. The van der Waals surface area contributed by atoms with E-state index >= 15 is 0 Å². The Labute approximate surface area is 213 Å². The second-order valence-corrected chi connectivity index (χ2v) is 10.1. The van der Waals surface area contributed by atoms with Crippen LogP contribution in [0.15, 0.2) is 72.8 Å². The number of amides is 2. The monoisotopic (exact) mass is 495 g/mol. The Balaban J connectivity index is 1.32. The Morgan fingerprint density at radius 3 is 2.61 bits per heavy atom. The number of hydrogen-bond donors (Lipinski definition) is 1. The third-order valence-corrected chi connectivity index (χ3v) is 7.80. The number of carbonyl (C=O) groups excluding carboxylic acids is 2. The normalized spacial score (nSPS) is 14.4. The van der Waals surface area contributed by atoms with Gasteiger partial charge in [-0.1, -0.05) is 24.3 Å². The predicted molar refractivity (Wildman–Crippen MR) is 142 cm³/mol. The zero-order valence-electron chi connectivity index (χ0n) is 19.9. The van der Waals surface area contributed by atoms with Gasteiger partial charge in [0.1, 0.15) is 11.4 Å². The largest absolute Gasteiger partial charge is 0.497 e. The number of anilines is 1. The predicted octanol–water partition coefficient (Wildman–Crippen LogP) is 5.58. The number of methoxy groups -OCH3 is 1. The van der Waals surface area contributed by atoms with E-state index in [1.807, 2.05) is 71.6 Å². The molecule has 1 N–H and O–H groups in total. The number of thiophene rings is 1. The summed E-state index contributed by atoms with van der Waals surface area (Å²) in [5, 5.41) is 3.08. The average Bonchev–Trinajstić information content (AvgIpc) is 3.67. The summed E-state index contributed by atoms with van der Waals surface area (Å²) in [6.45, 7) is 0.512. The fourth-order valence-electron chi connectivity index (χ4n) is 4.52. The summed E-state index contributed by atoms with van der Waals surface area (Å²) in [5.74, 6) is 0.632. The van der Waals surface area contributed by atoms with Crippen molar-refractivity contribution < 1.29 is 14.3 Å². The van der Waals surface area contributed by atoms with Gasteiger partial charge in [-0.05, 0) is 73.4 Å². The third-order valence-electron chi connectivity index (χ3n) is 6.59. The van der Waals surface area contributed by atoms with Crippen molar-refractivity contribution in [2.75, 3.05) is 18.6 Å². The molecule has 1 fully saturated rings. The van der Waals surface area contributed by atoms with Gasteiger partial charge in [0.25, 0.3) is 11.8 Å². The van der Waals surface area contributed by atoms with E-state index < -0.39 is 0 Å². The van der Waals surface area contributed by atoms with Crippen LogP contribution in [0.2, 0.25) is 0 Å². The van der Waals surface area contributed by atoms with Crippen LogP contribution >= 0.6 is 11.3 Å². The molecule has 0 radical (unpaired) electrons. The van der Waals surface area contributed by atoms with Gasteiger partial charge in [-0.2, -0.15) is 0 Å². The second kappa shape index (κ2) is 9.24. The summed E-state index contributed by atoms with van der Waals surface area (Å²) in [6, 6.07) is 23.4. The third kappa shape index (κ3) is 4.27. The van der Waals surface area contributed by atoms with Gasteiger partial charge in [0.2, 0.25) is 0 Å². The minimum absolute atomic E-state index is 0.000494. The van der Waals surface area contributed by atoms with Crippen LogP contribution in [-0.2, 0) is 6.42 Å². The highest BCUT2D eigenvalue weighted by Gasteiger charge is 2.29. The van der Waals surface area contributed by atoms with Crippen molar-refractivity contribution in [3.63, 3.8) is 0 Å². The number of pyridine rings is 1. The molecule has 1 saturated carbocycles. The van der Waals surface area contributed by atoms with Crippen molar-refractivity contribution in [1.29, 1.82) is 0 Å². The number of rotatable bonds is 5. The van der Waals surface area contributed by atoms with Gasteiger partial charge in [-0.25, -0.2) is 4.98 Å². The molecule has 2 aromatic carbocycles. The van der Waals surface area contributed by atoms with Crippen molar-refractivity contribution in [1.82, 2.24) is 10.3 Å². The van der Waals surface area contributed by atoms with E-state index in [2.05, 4.69) is 5.32 Å². The first kappa shape index (κ1) is 22.5. The number of aromatic nitrogens is 1. The van der Waals surface area contributed by atoms with Crippen molar-refractivity contribution >= 4 is 28.8 Å². The Morgan fingerprint density at radius 1 is 1.03 bits per heavy atom. The maximum absolute atomic E-state index is 13.8. The molecule has 6 nitrogen and oxygen atoms in total. The van der Waals surface area contributed by atoms with Crippen molar-refractivity contribution in [2.45, 2.75) is 25.3 Å². The lowest BCUT2D eigenvalue weighted by atomic mass is 10.1. The Hall–Kier alpha value is -3.97. The molecule has 0 unspecified atom stereocenters. The number of carbonyl (C=O) groups is 2. The lowest BCUT2D eigenvalue weighted by Crippen LogP contribution is -2.33. The molecule has 0 saturated heterocycles. The molecule has 7 heteroatoms. The fourth-order valence-corrected chi connectivity index (χ4v) is 5.67. The smallest absolute Gasteiger partial charge is 0.276 e. The van der Waals surface area contributed by atoms with Crippen LogP contribution in [0.1, 0.15) is 38.6 Å². The number of nitrogens with zero attached hydrogens (tertiary/aromatic N) is 2. The van der Waals surface area contributed by atoms with Crippen molar-refractivity contribution in [3.05, 3.63) is 88.9 Å². The summed E-state index contributed by atoms with van der Waals surface area (Å²) >= 11 is 1.51. The van der Waals surface area contributed by atoms with Gasteiger partial charge in [-0.3, -0.25) is 9.59 Å². The lowest BCUT2D eigenvalue weighted by Gasteiger charge is -2.23. The molecule has 2 aromatic heterocycles. The minimum Gasteiger partial charge on any atom is -0.497 e. The summed E-state index contributed by atoms with van der Waals surface area (Å²) in [5.41, 5.74) is 4.96. The van der Waals surface area contributed by atoms with Crippen LogP contribution in [0, 0.1) is 0 Å². The van der Waals surface area contributed by atoms with Crippen molar-refractivity contribution in [2.24, 2.45) is 0 Å². The van der Waals surface area contributed by atoms with Gasteiger partial charge in [0, 0.05) is 28.6 Å². The van der Waals surface area contributed by atoms with E-state index in [0.29, 0.717) is 24.7 Å². The number of para-hydroxylation sites is 1. The van der Waals surface area contributed by atoms with E-state index in [0.717, 1.165) is 56.4 Å². The van der Waals surface area contributed by atoms with E-state index in [4.69, 9.17) is 9.72 Å². The number of ether oxygens (including phenoxy) is 1. The molecule has 36 heavy (non-hydrogen) atoms. The van der Waals surface area contributed by atoms with Crippen LogP contribution in [-0.4, -0.2) is 36.5 Å². The highest BCUT2D eigenvalue weighted by molar-refractivity contribution is 7.17. The minimum atomic E-state index is -0.139. The maximum Gasteiger partial charge on any atom is 0.276 e. The van der Waals surface area contributed by atoms with E-state index in [1.54, 1.807) is 13.2 Å². The van der Waals surface area contributed by atoms with Gasteiger partial charge in [-0.15, -0.1) is 11.3 Å². The number of fused-ring (bicyclic) bond motifs is 3. The van der Waals surface area contributed by atoms with Gasteiger partial charge in [0.05, 0.1) is 23.4 Å². The number of benzene rings is 2. The zero-order chi connectivity index (χ0) is 24.6. The van der Waals surface area contributed by atoms with Crippen LogP contribution in [0.3, 0.4) is 0 Å². The molecule has 0 atom stereocenters. The van der Waals surface area contributed by atoms with E-state index in [9.17, 15) is 9.59 Å². The summed E-state index contributed by atoms with van der Waals surface area (Å²) < 4.78 is 5.25. The molecule has 3 heterocycles. The van der Waals surface area contributed by atoms with Gasteiger partial charge >= 0.3 is 0 Å². The van der Waals surface area contributed by atoms with Gasteiger partial charge < -0.3 is 15.0 Å². The average molecular weight is 496 g/mol. The van der Waals surface area contributed by atoms with E-state index in [1.165, 1.54) is 11.3 Å². The Kier molecular flexibility index (Phi) is 5.77. The first-order chi connectivity index (χ1) is 17.6. The Morgan fingerprint density at radius 2 is 1.83 bits per heavy atom. The molecular weight excluding hydrogens is 470 g/mol. The zero-order valence-corrected chi connectivity index (χ0v) is 20.7. The van der Waals surface area contributed by atoms with Crippen LogP contribution < -0.4 is 15.0 Å². The summed E-state index contributed by atoms with van der Waals surface area (Å²) in [7, 11) is 1.63. The van der Waals surface area contributed by atoms with Gasteiger partial charge in [0.15, 0.2) is 0 Å². The van der Waals surface area contributed by atoms with Crippen LogP contribution in [0.5, 0.6) is 5.75 Å². The molecule has 0 bridgehead atoms. The molecule has 1 aliphatic heterocycles. The van der Waals surface area contributed by atoms with Crippen LogP contribution in [0.25, 0.3) is 21.7 Å². The van der Waals surface area contributed by atoms with Crippen molar-refractivity contribution in [3.8, 4) is 27.4 Å². The molecule has 2 aliphatic rings. The van der Waals surface area contributed by atoms with E-state index in [-0.39, 0.29) is 11.8 Å². The molecule has 180 valence electrons. The number of nitrogens with one attached hydrogen (secondary N) is 1. The number of hydrogen-bond acceptors (Lipinski definition) is 5. The standard InChI is InChI=1S/C29H25N3O3S/c1-35-21-13-9-18(10-14-21)23-6-4-7-24(31-23)29(34)32-16-15-19-17-26(28(33)30-20-11-12-20)36-27(19)22-5-2-3-8-25(22)32/h2-10,13-14,17,20H,11-12,15-16H2,1H3,(H,30,33). The quantitative estimate of drug-likeness (QED) is 0.392. The summed E-state index contributed by atoms with van der Waals surface area (Å²) in [4.78, 5) is 34.7. The molecule has 4 aromatic rings. The highest BCUT2D eigenvalue weighted by Crippen LogP contribution is 2.42. The maximum atomic E-state index is 13.8. The fraction of sp³-hybridized carbons (Fsp3) is 0.207.